The number of halogens is 3. The maximum atomic E-state index is 13.4. The number of fused-ring (bicyclic) bond motifs is 1. The Labute approximate surface area is 253 Å². The minimum atomic E-state index is -3.70. The normalized spacial score (nSPS) is 22.8. The highest BCUT2D eigenvalue weighted by Gasteiger charge is 2.37. The first kappa shape index (κ1) is 31.7. The number of anilines is 2. The van der Waals surface area contributed by atoms with Gasteiger partial charge in [0.15, 0.2) is 11.5 Å². The van der Waals surface area contributed by atoms with Gasteiger partial charge in [0, 0.05) is 37.3 Å². The van der Waals surface area contributed by atoms with Gasteiger partial charge in [-0.3, -0.25) is 0 Å². The molecule has 0 radical (unpaired) electrons. The second-order valence-electron chi connectivity index (χ2n) is 11.2. The average Bonchev–Trinajstić information content (AvgIpc) is 3.61. The summed E-state index contributed by atoms with van der Waals surface area (Å²) in [6, 6.07) is 5.85. The van der Waals surface area contributed by atoms with E-state index >= 15 is 0 Å². The van der Waals surface area contributed by atoms with Gasteiger partial charge in [-0.25, -0.2) is 17.8 Å². The predicted molar refractivity (Wildman–Crippen MR) is 163 cm³/mol. The second-order valence-corrected chi connectivity index (χ2v) is 13.2. The Kier molecular flexibility index (Phi) is 10.0. The molecule has 0 amide bonds. The van der Waals surface area contributed by atoms with Crippen molar-refractivity contribution in [2.45, 2.75) is 93.3 Å². The number of imidazole rings is 1. The summed E-state index contributed by atoms with van der Waals surface area (Å²) in [6.07, 6.45) is 11.4. The first-order valence-corrected chi connectivity index (χ1v) is 15.5. The summed E-state index contributed by atoms with van der Waals surface area (Å²) in [5.74, 6) is 0.515. The van der Waals surface area contributed by atoms with Crippen molar-refractivity contribution in [3.63, 3.8) is 0 Å². The van der Waals surface area contributed by atoms with E-state index in [4.69, 9.17) is 21.4 Å². The van der Waals surface area contributed by atoms with E-state index in [-0.39, 0.29) is 47.8 Å². The van der Waals surface area contributed by atoms with Crippen molar-refractivity contribution in [1.82, 2.24) is 23.8 Å². The minimum absolute atomic E-state index is 0. The molecule has 2 aromatic heterocycles. The zero-order valence-corrected chi connectivity index (χ0v) is 25.4. The Morgan fingerprint density at radius 3 is 2.12 bits per heavy atom. The van der Waals surface area contributed by atoms with Gasteiger partial charge < -0.3 is 20.9 Å². The molecule has 2 aliphatic carbocycles. The van der Waals surface area contributed by atoms with Gasteiger partial charge in [0.2, 0.25) is 16.0 Å². The Bertz CT molecular complexity index is 1420. The van der Waals surface area contributed by atoms with Gasteiger partial charge in [0.1, 0.15) is 11.3 Å². The first-order valence-electron chi connectivity index (χ1n) is 14.1. The van der Waals surface area contributed by atoms with Gasteiger partial charge in [-0.2, -0.15) is 14.3 Å². The van der Waals surface area contributed by atoms with Crippen LogP contribution in [0.1, 0.15) is 70.3 Å². The molecule has 3 fully saturated rings. The van der Waals surface area contributed by atoms with Crippen LogP contribution in [0, 0.1) is 5.82 Å². The maximum absolute atomic E-state index is 13.4. The molecule has 0 unspecified atom stereocenters. The van der Waals surface area contributed by atoms with E-state index in [2.05, 4.69) is 14.5 Å². The summed E-state index contributed by atoms with van der Waals surface area (Å²) in [6.45, 7) is 0.732. The number of piperidine rings is 1. The van der Waals surface area contributed by atoms with Gasteiger partial charge in [0.05, 0.1) is 11.2 Å². The molecule has 4 N–H and O–H groups in total. The number of aromatic nitrogens is 4. The van der Waals surface area contributed by atoms with E-state index in [9.17, 15) is 12.8 Å². The van der Waals surface area contributed by atoms with Crippen molar-refractivity contribution in [3.05, 3.63) is 36.4 Å². The van der Waals surface area contributed by atoms with Crippen LogP contribution in [0.2, 0.25) is 0 Å². The molecule has 226 valence electrons. The molecule has 3 heterocycles. The highest BCUT2D eigenvalue weighted by Crippen LogP contribution is 2.36. The number of rotatable bonds is 6. The van der Waals surface area contributed by atoms with Crippen molar-refractivity contribution in [2.24, 2.45) is 5.73 Å². The number of nitrogens with two attached hydrogens (primary N) is 2. The van der Waals surface area contributed by atoms with E-state index in [1.54, 1.807) is 0 Å². The standard InChI is InChI=1S/C27H37FN8O2S.2ClH/c28-18-5-11-23(12-6-18)39(37,38)34-15-13-22(14-16-34)36(21-9-7-19(29)8-10-21)27-32-25(30)24-26(33-27)35(17-31-24)20-3-1-2-4-20;;/h5-6,11-12,17,19-22H,1-4,7-10,13-16,29H2,(H2,30,32,33);2*1H/t19-,21-;;. The molecule has 1 aromatic carbocycles. The fraction of sp³-hybridized carbons (Fsp3) is 0.593. The summed E-state index contributed by atoms with van der Waals surface area (Å²) in [5, 5.41) is 0. The minimum Gasteiger partial charge on any atom is -0.382 e. The maximum Gasteiger partial charge on any atom is 0.243 e. The third kappa shape index (κ3) is 6.27. The highest BCUT2D eigenvalue weighted by molar-refractivity contribution is 7.89. The van der Waals surface area contributed by atoms with Crippen molar-refractivity contribution in [1.29, 1.82) is 0 Å². The molecule has 14 heteroatoms. The topological polar surface area (TPSA) is 136 Å². The summed E-state index contributed by atoms with van der Waals surface area (Å²) >= 11 is 0. The van der Waals surface area contributed by atoms with Crippen LogP contribution in [0.4, 0.5) is 16.2 Å². The van der Waals surface area contributed by atoms with Gasteiger partial charge >= 0.3 is 0 Å². The van der Waals surface area contributed by atoms with Crippen molar-refractivity contribution < 1.29 is 12.8 Å². The number of sulfonamides is 1. The van der Waals surface area contributed by atoms with Crippen molar-refractivity contribution in [2.75, 3.05) is 23.7 Å². The van der Waals surface area contributed by atoms with Crippen LogP contribution in [0.3, 0.4) is 0 Å². The van der Waals surface area contributed by atoms with Gasteiger partial charge in [-0.05, 0) is 75.6 Å². The van der Waals surface area contributed by atoms with E-state index in [0.29, 0.717) is 49.3 Å². The van der Waals surface area contributed by atoms with Gasteiger partial charge in [-0.15, -0.1) is 24.8 Å². The average molecular weight is 630 g/mol. The number of nitrogen functional groups attached to an aromatic ring is 1. The molecule has 10 nitrogen and oxygen atoms in total. The molecule has 2 saturated carbocycles. The number of hydrogen-bond acceptors (Lipinski definition) is 8. The van der Waals surface area contributed by atoms with Crippen LogP contribution < -0.4 is 16.4 Å². The van der Waals surface area contributed by atoms with Crippen LogP contribution in [-0.4, -0.2) is 63.5 Å². The molecule has 0 atom stereocenters. The van der Waals surface area contributed by atoms with Crippen LogP contribution in [0.25, 0.3) is 11.2 Å². The molecule has 1 aliphatic heterocycles. The molecule has 0 bridgehead atoms. The fourth-order valence-electron chi connectivity index (χ4n) is 6.61. The molecule has 1 saturated heterocycles. The van der Waals surface area contributed by atoms with Gasteiger partial charge in [-0.1, -0.05) is 12.8 Å². The highest BCUT2D eigenvalue weighted by atomic mass is 35.5. The zero-order chi connectivity index (χ0) is 27.1. The second kappa shape index (κ2) is 12.9. The van der Waals surface area contributed by atoms with Crippen LogP contribution in [0.15, 0.2) is 35.5 Å². The quantitative estimate of drug-likeness (QED) is 0.409. The molecule has 41 heavy (non-hydrogen) atoms. The smallest absolute Gasteiger partial charge is 0.243 e. The first-order chi connectivity index (χ1) is 18.8. The third-order valence-electron chi connectivity index (χ3n) is 8.79. The van der Waals surface area contributed by atoms with Crippen molar-refractivity contribution in [3.8, 4) is 0 Å². The summed E-state index contributed by atoms with van der Waals surface area (Å²) in [5.41, 5.74) is 14.1. The van der Waals surface area contributed by atoms with Crippen molar-refractivity contribution >= 4 is 57.8 Å². The molecule has 0 spiro atoms. The third-order valence-corrected chi connectivity index (χ3v) is 10.7. The Morgan fingerprint density at radius 1 is 0.878 bits per heavy atom. The lowest BCUT2D eigenvalue weighted by atomic mass is 9.89. The van der Waals surface area contributed by atoms with Crippen LogP contribution >= 0.6 is 24.8 Å². The lowest BCUT2D eigenvalue weighted by Gasteiger charge is -2.44. The zero-order valence-electron chi connectivity index (χ0n) is 22.9. The molecular formula is C27H39Cl2FN8O2S. The van der Waals surface area contributed by atoms with Crippen LogP contribution in [-0.2, 0) is 10.0 Å². The number of hydrogen-bond donors (Lipinski definition) is 2. The number of nitrogens with zero attached hydrogens (tertiary/aromatic N) is 6. The molecule has 6 rings (SSSR count). The molecule has 3 aromatic rings. The summed E-state index contributed by atoms with van der Waals surface area (Å²) in [7, 11) is -3.70. The molecule has 3 aliphatic rings. The van der Waals surface area contributed by atoms with Crippen LogP contribution in [0.5, 0.6) is 0 Å². The summed E-state index contributed by atoms with van der Waals surface area (Å²) in [4.78, 5) is 16.8. The van der Waals surface area contributed by atoms with E-state index in [1.165, 1.54) is 41.4 Å². The molecular weight excluding hydrogens is 590 g/mol. The lowest BCUT2D eigenvalue weighted by molar-refractivity contribution is 0.277. The monoisotopic (exact) mass is 628 g/mol. The van der Waals surface area contributed by atoms with E-state index < -0.39 is 15.8 Å². The summed E-state index contributed by atoms with van der Waals surface area (Å²) < 4.78 is 43.5. The van der Waals surface area contributed by atoms with Gasteiger partial charge in [0.25, 0.3) is 0 Å². The van der Waals surface area contributed by atoms with E-state index in [1.807, 2.05) is 6.33 Å². The number of benzene rings is 1. The lowest BCUT2D eigenvalue weighted by Crippen LogP contribution is -2.52. The Hall–Kier alpha value is -2.25. The van der Waals surface area contributed by atoms with E-state index in [0.717, 1.165) is 44.2 Å². The SMILES string of the molecule is Cl.Cl.Nc1nc(N(C2CCN(S(=O)(=O)c3ccc(F)cc3)CC2)[C@H]2CC[C@H](N)CC2)nc2c1ncn2C1CCCC1. The Morgan fingerprint density at radius 2 is 1.49 bits per heavy atom. The Balaban J connectivity index is 0.00000194. The fourth-order valence-corrected chi connectivity index (χ4v) is 8.08. The largest absolute Gasteiger partial charge is 0.382 e. The predicted octanol–water partition coefficient (Wildman–Crippen LogP) is 4.44.